The van der Waals surface area contributed by atoms with Gasteiger partial charge in [-0.3, -0.25) is 4.40 Å². The minimum absolute atomic E-state index is 0.263. The highest BCUT2D eigenvalue weighted by atomic mass is 79.9. The molecular weight excluding hydrogens is 386 g/mol. The largest absolute Gasteiger partial charge is 0.368 e. The molecule has 0 atom stereocenters. The van der Waals surface area contributed by atoms with Crippen LogP contribution in [0.3, 0.4) is 0 Å². The number of hydrogen-bond acceptors (Lipinski definition) is 5. The summed E-state index contributed by atoms with van der Waals surface area (Å²) in [5.41, 5.74) is 9.41. The first kappa shape index (κ1) is 15.0. The van der Waals surface area contributed by atoms with Gasteiger partial charge >= 0.3 is 0 Å². The summed E-state index contributed by atoms with van der Waals surface area (Å²) >= 11 is 5.08. The molecule has 0 saturated heterocycles. The van der Waals surface area contributed by atoms with Gasteiger partial charge in [0.05, 0.1) is 17.1 Å². The van der Waals surface area contributed by atoms with Crippen molar-refractivity contribution in [3.05, 3.63) is 64.0 Å². The number of nitrogens with two attached hydrogens (primary N) is 1. The van der Waals surface area contributed by atoms with E-state index in [-0.39, 0.29) is 5.95 Å². The molecular formula is C17H12BrN5S. The fourth-order valence-electron chi connectivity index (χ4n) is 2.43. The van der Waals surface area contributed by atoms with E-state index in [2.05, 4.69) is 42.4 Å². The Hall–Kier alpha value is -2.51. The topological polar surface area (TPSA) is 69.1 Å². The van der Waals surface area contributed by atoms with Gasteiger partial charge in [-0.25, -0.2) is 15.0 Å². The van der Waals surface area contributed by atoms with Crippen molar-refractivity contribution in [3.8, 4) is 11.3 Å². The van der Waals surface area contributed by atoms with Gasteiger partial charge in [-0.1, -0.05) is 28.1 Å². The molecule has 118 valence electrons. The van der Waals surface area contributed by atoms with Gasteiger partial charge in [0.2, 0.25) is 5.95 Å². The number of nitrogens with zero attached hydrogens (tertiary/aromatic N) is 4. The minimum atomic E-state index is 0.263. The highest BCUT2D eigenvalue weighted by Crippen LogP contribution is 2.29. The predicted molar refractivity (Wildman–Crippen MR) is 102 cm³/mol. The van der Waals surface area contributed by atoms with Gasteiger partial charge in [-0.15, -0.1) is 11.3 Å². The molecule has 4 aromatic rings. The molecule has 0 saturated carbocycles. The van der Waals surface area contributed by atoms with Crippen molar-refractivity contribution in [1.29, 1.82) is 0 Å². The molecule has 4 rings (SSSR count). The lowest BCUT2D eigenvalue weighted by Gasteiger charge is -2.01. The molecule has 0 unspecified atom stereocenters. The molecule has 24 heavy (non-hydrogen) atoms. The van der Waals surface area contributed by atoms with Crippen molar-refractivity contribution in [2.24, 2.45) is 0 Å². The van der Waals surface area contributed by atoms with E-state index >= 15 is 0 Å². The monoisotopic (exact) mass is 397 g/mol. The summed E-state index contributed by atoms with van der Waals surface area (Å²) in [4.78, 5) is 13.8. The van der Waals surface area contributed by atoms with Crippen molar-refractivity contribution in [1.82, 2.24) is 19.4 Å². The van der Waals surface area contributed by atoms with E-state index in [9.17, 15) is 0 Å². The number of halogens is 1. The molecule has 3 heterocycles. The second-order valence-electron chi connectivity index (χ2n) is 5.08. The van der Waals surface area contributed by atoms with Gasteiger partial charge in [-0.2, -0.15) is 0 Å². The van der Waals surface area contributed by atoms with E-state index in [4.69, 9.17) is 10.7 Å². The van der Waals surface area contributed by atoms with Crippen LogP contribution in [0.4, 0.5) is 5.95 Å². The molecule has 0 aliphatic carbocycles. The Labute approximate surface area is 150 Å². The summed E-state index contributed by atoms with van der Waals surface area (Å²) in [6.07, 6.45) is 7.59. The highest BCUT2D eigenvalue weighted by molar-refractivity contribution is 9.10. The van der Waals surface area contributed by atoms with Gasteiger partial charge < -0.3 is 5.73 Å². The molecule has 7 heteroatoms. The summed E-state index contributed by atoms with van der Waals surface area (Å²) in [5, 5.41) is 2.02. The van der Waals surface area contributed by atoms with Gasteiger partial charge in [-0.05, 0) is 30.4 Å². The summed E-state index contributed by atoms with van der Waals surface area (Å²) < 4.78 is 3.11. The van der Waals surface area contributed by atoms with Crippen LogP contribution in [-0.2, 0) is 0 Å². The molecule has 5 nitrogen and oxygen atoms in total. The predicted octanol–water partition coefficient (Wildman–Crippen LogP) is 4.37. The Morgan fingerprint density at radius 2 is 1.92 bits per heavy atom. The molecule has 2 N–H and O–H groups in total. The van der Waals surface area contributed by atoms with Gasteiger partial charge in [0.1, 0.15) is 0 Å². The molecule has 1 aromatic carbocycles. The van der Waals surface area contributed by atoms with Crippen molar-refractivity contribution in [3.63, 3.8) is 0 Å². The minimum Gasteiger partial charge on any atom is -0.368 e. The molecule has 0 spiro atoms. The Morgan fingerprint density at radius 1 is 1.08 bits per heavy atom. The van der Waals surface area contributed by atoms with Crippen LogP contribution in [0.5, 0.6) is 0 Å². The summed E-state index contributed by atoms with van der Waals surface area (Å²) in [7, 11) is 0. The van der Waals surface area contributed by atoms with Crippen LogP contribution in [0.25, 0.3) is 28.4 Å². The zero-order valence-electron chi connectivity index (χ0n) is 12.4. The van der Waals surface area contributed by atoms with Crippen LogP contribution >= 0.6 is 27.3 Å². The number of thiazole rings is 1. The van der Waals surface area contributed by atoms with Crippen LogP contribution < -0.4 is 5.73 Å². The number of hydrogen-bond donors (Lipinski definition) is 1. The Kier molecular flexibility index (Phi) is 3.87. The van der Waals surface area contributed by atoms with Crippen molar-refractivity contribution in [2.45, 2.75) is 0 Å². The van der Waals surface area contributed by atoms with Gasteiger partial charge in [0.15, 0.2) is 4.96 Å². The maximum absolute atomic E-state index is 5.64. The van der Waals surface area contributed by atoms with Crippen LogP contribution in [0.1, 0.15) is 11.4 Å². The maximum atomic E-state index is 5.64. The molecule has 3 aromatic heterocycles. The van der Waals surface area contributed by atoms with Crippen molar-refractivity contribution < 1.29 is 0 Å². The van der Waals surface area contributed by atoms with E-state index in [1.807, 2.05) is 41.9 Å². The molecule has 0 aliphatic rings. The smallest absolute Gasteiger partial charge is 0.220 e. The lowest BCUT2D eigenvalue weighted by molar-refractivity contribution is 1.17. The van der Waals surface area contributed by atoms with Crippen molar-refractivity contribution in [2.75, 3.05) is 5.73 Å². The van der Waals surface area contributed by atoms with Crippen LogP contribution in [-0.4, -0.2) is 19.4 Å². The third kappa shape index (κ3) is 2.83. The number of benzene rings is 1. The number of imidazole rings is 1. The Morgan fingerprint density at radius 3 is 2.71 bits per heavy atom. The molecule has 0 bridgehead atoms. The Balaban J connectivity index is 1.82. The number of nitrogen functional groups attached to an aromatic ring is 1. The average molecular weight is 398 g/mol. The van der Waals surface area contributed by atoms with E-state index in [1.54, 1.807) is 17.5 Å². The quantitative estimate of drug-likeness (QED) is 0.557. The molecule has 0 fully saturated rings. The van der Waals surface area contributed by atoms with Crippen LogP contribution in [0.2, 0.25) is 0 Å². The van der Waals surface area contributed by atoms with E-state index in [0.29, 0.717) is 0 Å². The van der Waals surface area contributed by atoms with Gasteiger partial charge in [0, 0.05) is 27.8 Å². The average Bonchev–Trinajstić information content (AvgIpc) is 3.15. The number of aromatic nitrogens is 4. The van der Waals surface area contributed by atoms with E-state index in [1.165, 1.54) is 0 Å². The Bertz CT molecular complexity index is 1030. The normalized spacial score (nSPS) is 11.5. The first-order chi connectivity index (χ1) is 11.7. The maximum Gasteiger partial charge on any atom is 0.220 e. The number of fused-ring (bicyclic) bond motifs is 1. The summed E-state index contributed by atoms with van der Waals surface area (Å²) in [5.74, 6) is 0.263. The first-order valence-corrected chi connectivity index (χ1v) is 8.86. The standard InChI is InChI=1S/C17H12BrN5S/c18-12-3-1-11(2-4-12)15-14(23-9-10-24-17(23)22-15)6-5-13-7-8-20-16(19)21-13/h1-10H,(H2,19,20,21)/b6-5+. The molecule has 0 amide bonds. The SMILES string of the molecule is Nc1nccc(/C=C/c2c(-c3ccc(Br)cc3)nc3sccn23)n1. The third-order valence-corrected chi connectivity index (χ3v) is 4.81. The van der Waals surface area contributed by atoms with Crippen LogP contribution in [0.15, 0.2) is 52.6 Å². The lowest BCUT2D eigenvalue weighted by atomic mass is 10.1. The van der Waals surface area contributed by atoms with E-state index in [0.717, 1.165) is 32.1 Å². The first-order valence-electron chi connectivity index (χ1n) is 7.19. The third-order valence-electron chi connectivity index (χ3n) is 3.52. The van der Waals surface area contributed by atoms with Gasteiger partial charge in [0.25, 0.3) is 0 Å². The fraction of sp³-hybridized carbons (Fsp3) is 0. The number of anilines is 1. The fourth-order valence-corrected chi connectivity index (χ4v) is 3.41. The van der Waals surface area contributed by atoms with E-state index < -0.39 is 0 Å². The second kappa shape index (κ2) is 6.18. The second-order valence-corrected chi connectivity index (χ2v) is 6.87. The summed E-state index contributed by atoms with van der Waals surface area (Å²) in [6.45, 7) is 0. The highest BCUT2D eigenvalue weighted by Gasteiger charge is 2.12. The zero-order valence-corrected chi connectivity index (χ0v) is 14.8. The van der Waals surface area contributed by atoms with Crippen LogP contribution in [0, 0.1) is 0 Å². The van der Waals surface area contributed by atoms with Crippen molar-refractivity contribution >= 4 is 50.3 Å². The molecule has 0 radical (unpaired) electrons. The summed E-state index contributed by atoms with van der Waals surface area (Å²) in [6, 6.07) is 9.95. The lowest BCUT2D eigenvalue weighted by Crippen LogP contribution is -1.94. The number of rotatable bonds is 3. The zero-order chi connectivity index (χ0) is 16.5. The molecule has 0 aliphatic heterocycles.